The molecule has 0 aliphatic heterocycles. The number of anilines is 3. The fourth-order valence-corrected chi connectivity index (χ4v) is 2.74. The molecule has 6 heteroatoms. The number of nitrogens with two attached hydrogens (primary N) is 2. The van der Waals surface area contributed by atoms with Gasteiger partial charge in [-0.1, -0.05) is 36.4 Å². The molecule has 28 heavy (non-hydrogen) atoms. The van der Waals surface area contributed by atoms with Crippen molar-refractivity contribution in [3.05, 3.63) is 84.1 Å². The number of aromatic nitrogens is 1. The summed E-state index contributed by atoms with van der Waals surface area (Å²) in [5.74, 6) is 0.221. The molecular formula is C22H23N5O. The molecule has 1 heterocycles. The lowest BCUT2D eigenvalue weighted by molar-refractivity contribution is -0.112. The summed E-state index contributed by atoms with van der Waals surface area (Å²) in [5, 5.41) is 6.58. The van der Waals surface area contributed by atoms with Gasteiger partial charge in [0.05, 0.1) is 0 Å². The zero-order valence-electron chi connectivity index (χ0n) is 15.4. The minimum atomic E-state index is -0.535. The molecule has 3 aromatic rings. The van der Waals surface area contributed by atoms with Crippen LogP contribution in [0.3, 0.4) is 0 Å². The van der Waals surface area contributed by atoms with Crippen LogP contribution in [0.25, 0.3) is 11.6 Å². The van der Waals surface area contributed by atoms with Crippen LogP contribution in [0.15, 0.2) is 72.9 Å². The van der Waals surface area contributed by atoms with Gasteiger partial charge in [0.25, 0.3) is 0 Å². The summed E-state index contributed by atoms with van der Waals surface area (Å²) in [6.07, 6.45) is 3.39. The Kier molecular flexibility index (Phi) is 6.25. The Labute approximate surface area is 164 Å². The van der Waals surface area contributed by atoms with Crippen LogP contribution < -0.4 is 22.1 Å². The van der Waals surface area contributed by atoms with Crippen LogP contribution in [0.5, 0.6) is 0 Å². The van der Waals surface area contributed by atoms with E-state index in [1.807, 2.05) is 54.6 Å². The molecule has 2 aromatic carbocycles. The first-order valence-electron chi connectivity index (χ1n) is 8.99. The lowest BCUT2D eigenvalue weighted by Crippen LogP contribution is -2.14. The maximum Gasteiger partial charge on any atom is 0.249 e. The van der Waals surface area contributed by atoms with Crippen LogP contribution >= 0.6 is 0 Å². The molecule has 6 nitrogen and oxygen atoms in total. The van der Waals surface area contributed by atoms with E-state index in [0.29, 0.717) is 16.8 Å². The van der Waals surface area contributed by atoms with Crippen LogP contribution in [-0.4, -0.2) is 24.0 Å². The summed E-state index contributed by atoms with van der Waals surface area (Å²) in [4.78, 5) is 16.3. The Morgan fingerprint density at radius 1 is 0.929 bits per heavy atom. The van der Waals surface area contributed by atoms with Gasteiger partial charge in [-0.3, -0.25) is 4.79 Å². The number of benzene rings is 2. The van der Waals surface area contributed by atoms with E-state index in [-0.39, 0.29) is 0 Å². The predicted molar refractivity (Wildman–Crippen MR) is 116 cm³/mol. The van der Waals surface area contributed by atoms with E-state index < -0.39 is 5.91 Å². The number of rotatable bonds is 8. The quantitative estimate of drug-likeness (QED) is 0.276. The van der Waals surface area contributed by atoms with Crippen molar-refractivity contribution in [2.45, 2.75) is 0 Å². The lowest BCUT2D eigenvalue weighted by Gasteiger charge is -2.09. The van der Waals surface area contributed by atoms with E-state index in [2.05, 4.69) is 15.6 Å². The fraction of sp³-hybridized carbons (Fsp3) is 0.0909. The fourth-order valence-electron chi connectivity index (χ4n) is 2.74. The average Bonchev–Trinajstić information content (AvgIpc) is 2.72. The number of amides is 1. The second-order valence-electron chi connectivity index (χ2n) is 6.21. The van der Waals surface area contributed by atoms with E-state index in [1.165, 1.54) is 0 Å². The largest absolute Gasteiger partial charge is 0.398 e. The Morgan fingerprint density at radius 2 is 1.64 bits per heavy atom. The Balaban J connectivity index is 1.62. The molecule has 0 unspecified atom stereocenters. The number of para-hydroxylation sites is 2. The van der Waals surface area contributed by atoms with Gasteiger partial charge in [0.15, 0.2) is 0 Å². The van der Waals surface area contributed by atoms with Crippen LogP contribution in [0.1, 0.15) is 11.1 Å². The Hall–Kier alpha value is -3.80. The zero-order chi connectivity index (χ0) is 19.8. The van der Waals surface area contributed by atoms with E-state index in [4.69, 9.17) is 11.5 Å². The molecule has 3 rings (SSSR count). The summed E-state index contributed by atoms with van der Waals surface area (Å²) >= 11 is 0. The van der Waals surface area contributed by atoms with E-state index in [0.717, 1.165) is 30.2 Å². The zero-order valence-corrected chi connectivity index (χ0v) is 15.4. The predicted octanol–water partition coefficient (Wildman–Crippen LogP) is 3.21. The van der Waals surface area contributed by atoms with Crippen LogP contribution in [0.4, 0.5) is 17.2 Å². The first-order valence-corrected chi connectivity index (χ1v) is 8.99. The summed E-state index contributed by atoms with van der Waals surface area (Å²) < 4.78 is 0. The number of hydrogen-bond acceptors (Lipinski definition) is 5. The normalized spacial score (nSPS) is 11.1. The maximum atomic E-state index is 11.9. The van der Waals surface area contributed by atoms with Crippen molar-refractivity contribution in [1.82, 2.24) is 4.98 Å². The molecule has 0 atom stereocenters. The topological polar surface area (TPSA) is 106 Å². The van der Waals surface area contributed by atoms with Crippen molar-refractivity contribution < 1.29 is 4.79 Å². The molecule has 0 bridgehead atoms. The van der Waals surface area contributed by atoms with Crippen molar-refractivity contribution in [1.29, 1.82) is 0 Å². The summed E-state index contributed by atoms with van der Waals surface area (Å²) in [7, 11) is 0. The minimum absolute atomic E-state index is 0.354. The van der Waals surface area contributed by atoms with Gasteiger partial charge in [-0.2, -0.15) is 0 Å². The number of nitrogens with one attached hydrogen (secondary N) is 2. The molecule has 1 amide bonds. The number of carbonyl (C=O) groups excluding carboxylic acids is 1. The van der Waals surface area contributed by atoms with Crippen LogP contribution in [-0.2, 0) is 4.79 Å². The molecule has 0 aliphatic carbocycles. The highest BCUT2D eigenvalue weighted by Gasteiger charge is 2.11. The molecule has 0 aliphatic rings. The van der Waals surface area contributed by atoms with Crippen molar-refractivity contribution in [3.63, 3.8) is 0 Å². The molecule has 0 saturated heterocycles. The van der Waals surface area contributed by atoms with Gasteiger partial charge in [-0.05, 0) is 42.0 Å². The standard InChI is InChI=1S/C22H23N5O/c23-20-9-5-4-8-18(20)19(22(24)28)14-16-10-11-21(27-15-16)26-13-12-25-17-6-2-1-3-7-17/h1-11,14-15,25H,12-13,23H2,(H2,24,28)(H,26,27). The molecule has 0 spiro atoms. The van der Waals surface area contributed by atoms with Gasteiger partial charge in [0.2, 0.25) is 5.91 Å². The van der Waals surface area contributed by atoms with Crippen molar-refractivity contribution in [3.8, 4) is 0 Å². The third-order valence-corrected chi connectivity index (χ3v) is 4.15. The average molecular weight is 373 g/mol. The summed E-state index contributed by atoms with van der Waals surface area (Å²) in [5.41, 5.74) is 14.8. The third-order valence-electron chi connectivity index (χ3n) is 4.15. The highest BCUT2D eigenvalue weighted by atomic mass is 16.1. The number of nitrogens with zero attached hydrogens (tertiary/aromatic N) is 1. The molecule has 0 fully saturated rings. The molecular weight excluding hydrogens is 350 g/mol. The van der Waals surface area contributed by atoms with Crippen LogP contribution in [0, 0.1) is 0 Å². The van der Waals surface area contributed by atoms with Crippen molar-refractivity contribution >= 4 is 34.7 Å². The maximum absolute atomic E-state index is 11.9. The smallest absolute Gasteiger partial charge is 0.249 e. The van der Waals surface area contributed by atoms with Gasteiger partial charge in [-0.25, -0.2) is 4.98 Å². The number of carbonyl (C=O) groups is 1. The molecule has 0 radical (unpaired) electrons. The van der Waals surface area contributed by atoms with Gasteiger partial charge < -0.3 is 22.1 Å². The Morgan fingerprint density at radius 3 is 2.32 bits per heavy atom. The van der Waals surface area contributed by atoms with Crippen LogP contribution in [0.2, 0.25) is 0 Å². The third kappa shape index (κ3) is 5.11. The highest BCUT2D eigenvalue weighted by molar-refractivity contribution is 6.24. The minimum Gasteiger partial charge on any atom is -0.398 e. The monoisotopic (exact) mass is 373 g/mol. The molecule has 0 saturated carbocycles. The number of pyridine rings is 1. The second-order valence-corrected chi connectivity index (χ2v) is 6.21. The molecule has 142 valence electrons. The SMILES string of the molecule is NC(=O)C(=Cc1ccc(NCCNc2ccccc2)nc1)c1ccccc1N. The van der Waals surface area contributed by atoms with E-state index >= 15 is 0 Å². The number of primary amides is 1. The Bertz CT molecular complexity index is 952. The second kappa shape index (κ2) is 9.23. The van der Waals surface area contributed by atoms with Gasteiger partial charge >= 0.3 is 0 Å². The van der Waals surface area contributed by atoms with Gasteiger partial charge in [-0.15, -0.1) is 0 Å². The van der Waals surface area contributed by atoms with E-state index in [9.17, 15) is 4.79 Å². The summed E-state index contributed by atoms with van der Waals surface area (Å²) in [6.45, 7) is 1.50. The van der Waals surface area contributed by atoms with Crippen molar-refractivity contribution in [2.24, 2.45) is 5.73 Å². The highest BCUT2D eigenvalue weighted by Crippen LogP contribution is 2.23. The molecule has 1 aromatic heterocycles. The van der Waals surface area contributed by atoms with Gasteiger partial charge in [0, 0.05) is 41.8 Å². The number of hydrogen-bond donors (Lipinski definition) is 4. The first-order chi connectivity index (χ1) is 13.6. The summed E-state index contributed by atoms with van der Waals surface area (Å²) in [6, 6.07) is 20.9. The van der Waals surface area contributed by atoms with E-state index in [1.54, 1.807) is 24.4 Å². The first kappa shape index (κ1) is 19.0. The lowest BCUT2D eigenvalue weighted by atomic mass is 10.0. The van der Waals surface area contributed by atoms with Crippen molar-refractivity contribution in [2.75, 3.05) is 29.5 Å². The number of nitrogen functional groups attached to an aromatic ring is 1. The van der Waals surface area contributed by atoms with Gasteiger partial charge in [0.1, 0.15) is 5.82 Å². The molecule has 6 N–H and O–H groups in total.